The van der Waals surface area contributed by atoms with Crippen LogP contribution >= 0.6 is 0 Å². The quantitative estimate of drug-likeness (QED) is 0.908. The van der Waals surface area contributed by atoms with Crippen molar-refractivity contribution < 1.29 is 14.0 Å². The van der Waals surface area contributed by atoms with Gasteiger partial charge in [-0.1, -0.05) is 18.0 Å². The molecule has 2 fully saturated rings. The highest BCUT2D eigenvalue weighted by Gasteiger charge is 2.40. The van der Waals surface area contributed by atoms with E-state index in [1.54, 1.807) is 7.11 Å². The molecule has 6 heteroatoms. The minimum atomic E-state index is -0.460. The summed E-state index contributed by atoms with van der Waals surface area (Å²) in [4.78, 5) is 4.61. The molecule has 3 rings (SSSR count). The fourth-order valence-electron chi connectivity index (χ4n) is 3.26. The predicted octanol–water partition coefficient (Wildman–Crippen LogP) is 1.71. The van der Waals surface area contributed by atoms with Gasteiger partial charge in [-0.05, 0) is 12.8 Å². The minimum absolute atomic E-state index is 0.130. The zero-order valence-electron chi connectivity index (χ0n) is 12.0. The average Bonchev–Trinajstić information content (AvgIpc) is 2.98. The summed E-state index contributed by atoms with van der Waals surface area (Å²) in [5.74, 6) is 1.52. The summed E-state index contributed by atoms with van der Waals surface area (Å²) in [6.07, 6.45) is 5.97. The van der Waals surface area contributed by atoms with Crippen molar-refractivity contribution in [3.05, 3.63) is 11.7 Å². The van der Waals surface area contributed by atoms with Crippen LogP contribution < -0.4 is 5.73 Å². The Bertz CT molecular complexity index is 443. The van der Waals surface area contributed by atoms with Crippen LogP contribution in [0.3, 0.4) is 0 Å². The van der Waals surface area contributed by atoms with E-state index >= 15 is 0 Å². The lowest BCUT2D eigenvalue weighted by Gasteiger charge is -2.32. The minimum Gasteiger partial charge on any atom is -0.381 e. The van der Waals surface area contributed by atoms with Crippen LogP contribution in [0.4, 0.5) is 0 Å². The first-order valence-corrected chi connectivity index (χ1v) is 7.48. The summed E-state index contributed by atoms with van der Waals surface area (Å²) in [5.41, 5.74) is 5.73. The van der Waals surface area contributed by atoms with E-state index in [1.807, 2.05) is 0 Å². The lowest BCUT2D eigenvalue weighted by atomic mass is 9.85. The maximum absolute atomic E-state index is 6.19. The number of hydrogen-bond donors (Lipinski definition) is 1. The van der Waals surface area contributed by atoms with Gasteiger partial charge in [-0.25, -0.2) is 0 Å². The molecular weight excluding hydrogens is 258 g/mol. The Morgan fingerprint density at radius 2 is 2.00 bits per heavy atom. The lowest BCUT2D eigenvalue weighted by molar-refractivity contribution is -0.101. The predicted molar refractivity (Wildman–Crippen MR) is 72.2 cm³/mol. The number of ether oxygens (including phenoxy) is 2. The Labute approximate surface area is 119 Å². The van der Waals surface area contributed by atoms with Crippen LogP contribution in [0, 0.1) is 0 Å². The topological polar surface area (TPSA) is 83.4 Å². The highest BCUT2D eigenvalue weighted by Crippen LogP contribution is 2.36. The molecule has 112 valence electrons. The van der Waals surface area contributed by atoms with Gasteiger partial charge in [0, 0.05) is 39.2 Å². The van der Waals surface area contributed by atoms with Gasteiger partial charge in [0.25, 0.3) is 0 Å². The zero-order chi connectivity index (χ0) is 14.0. The molecule has 0 amide bonds. The molecule has 0 aromatic carbocycles. The summed E-state index contributed by atoms with van der Waals surface area (Å²) < 4.78 is 16.6. The van der Waals surface area contributed by atoms with Gasteiger partial charge in [0.1, 0.15) is 5.60 Å². The van der Waals surface area contributed by atoms with Gasteiger partial charge in [-0.2, -0.15) is 4.98 Å². The van der Waals surface area contributed by atoms with E-state index in [2.05, 4.69) is 10.1 Å². The monoisotopic (exact) mass is 281 g/mol. The molecule has 6 nitrogen and oxygen atoms in total. The number of methoxy groups -OCH3 is 1. The van der Waals surface area contributed by atoms with Crippen LogP contribution in [-0.4, -0.2) is 36.5 Å². The highest BCUT2D eigenvalue weighted by atomic mass is 16.5. The van der Waals surface area contributed by atoms with E-state index in [0.717, 1.165) is 25.7 Å². The smallest absolute Gasteiger partial charge is 0.231 e. The van der Waals surface area contributed by atoms with Gasteiger partial charge in [0.15, 0.2) is 0 Å². The van der Waals surface area contributed by atoms with Crippen LogP contribution in [0.5, 0.6) is 0 Å². The third-order valence-electron chi connectivity index (χ3n) is 4.68. The maximum Gasteiger partial charge on any atom is 0.231 e. The molecule has 2 aliphatic rings. The number of aromatic nitrogens is 2. The number of nitrogens with zero attached hydrogens (tertiary/aromatic N) is 2. The van der Waals surface area contributed by atoms with Crippen molar-refractivity contribution >= 4 is 0 Å². The number of hydrogen-bond acceptors (Lipinski definition) is 6. The number of nitrogens with two attached hydrogens (primary N) is 1. The van der Waals surface area contributed by atoms with Crippen molar-refractivity contribution in [2.75, 3.05) is 20.3 Å². The summed E-state index contributed by atoms with van der Waals surface area (Å²) in [7, 11) is 1.70. The SMILES string of the molecule is COC1(c2noc(C3CCCCC3N)n2)CCOCC1. The van der Waals surface area contributed by atoms with E-state index in [1.165, 1.54) is 12.8 Å². The van der Waals surface area contributed by atoms with Crippen molar-refractivity contribution in [1.82, 2.24) is 10.1 Å². The molecular formula is C14H23N3O3. The standard InChI is InChI=1S/C14H23N3O3/c1-18-14(6-8-19-9-7-14)13-16-12(20-17-13)10-4-2-3-5-11(10)15/h10-11H,2-9,15H2,1H3. The van der Waals surface area contributed by atoms with E-state index in [4.69, 9.17) is 19.7 Å². The lowest BCUT2D eigenvalue weighted by Crippen LogP contribution is -2.37. The summed E-state index contributed by atoms with van der Waals surface area (Å²) in [5, 5.41) is 4.17. The number of rotatable bonds is 3. The van der Waals surface area contributed by atoms with Crippen molar-refractivity contribution in [2.45, 2.75) is 56.1 Å². The Balaban J connectivity index is 1.81. The first kappa shape index (κ1) is 14.0. The molecule has 1 aliphatic carbocycles. The van der Waals surface area contributed by atoms with Crippen molar-refractivity contribution in [3.63, 3.8) is 0 Å². The van der Waals surface area contributed by atoms with Gasteiger partial charge >= 0.3 is 0 Å². The van der Waals surface area contributed by atoms with Gasteiger partial charge < -0.3 is 19.7 Å². The molecule has 2 N–H and O–H groups in total. The maximum atomic E-state index is 6.19. The van der Waals surface area contributed by atoms with E-state index < -0.39 is 5.60 Å². The first-order valence-electron chi connectivity index (χ1n) is 7.48. The van der Waals surface area contributed by atoms with Crippen LogP contribution in [0.15, 0.2) is 4.52 Å². The summed E-state index contributed by atoms with van der Waals surface area (Å²) in [6, 6.07) is 0.130. The Morgan fingerprint density at radius 3 is 2.70 bits per heavy atom. The second-order valence-electron chi connectivity index (χ2n) is 5.82. The largest absolute Gasteiger partial charge is 0.381 e. The Kier molecular flexibility index (Phi) is 4.05. The molecule has 0 bridgehead atoms. The highest BCUT2D eigenvalue weighted by molar-refractivity contribution is 5.07. The molecule has 2 unspecified atom stereocenters. The van der Waals surface area contributed by atoms with Crippen LogP contribution in [0.2, 0.25) is 0 Å². The Hall–Kier alpha value is -0.980. The molecule has 1 aromatic heterocycles. The van der Waals surface area contributed by atoms with Crippen LogP contribution in [-0.2, 0) is 15.1 Å². The van der Waals surface area contributed by atoms with E-state index in [-0.39, 0.29) is 12.0 Å². The molecule has 0 spiro atoms. The molecule has 2 atom stereocenters. The van der Waals surface area contributed by atoms with Crippen LogP contribution in [0.25, 0.3) is 0 Å². The summed E-state index contributed by atoms with van der Waals surface area (Å²) in [6.45, 7) is 1.33. The van der Waals surface area contributed by atoms with Crippen LogP contribution in [0.1, 0.15) is 56.2 Å². The van der Waals surface area contributed by atoms with Gasteiger partial charge in [0.05, 0.1) is 5.92 Å². The fourth-order valence-corrected chi connectivity index (χ4v) is 3.26. The molecule has 1 saturated carbocycles. The van der Waals surface area contributed by atoms with E-state index in [9.17, 15) is 0 Å². The van der Waals surface area contributed by atoms with E-state index in [0.29, 0.717) is 24.9 Å². The average molecular weight is 281 g/mol. The normalized spacial score (nSPS) is 30.3. The molecule has 1 aliphatic heterocycles. The second kappa shape index (κ2) is 5.79. The van der Waals surface area contributed by atoms with Crippen molar-refractivity contribution in [2.24, 2.45) is 5.73 Å². The third-order valence-corrected chi connectivity index (χ3v) is 4.68. The Morgan fingerprint density at radius 1 is 1.25 bits per heavy atom. The molecule has 1 aromatic rings. The first-order chi connectivity index (χ1) is 9.75. The van der Waals surface area contributed by atoms with Gasteiger partial charge in [-0.15, -0.1) is 0 Å². The van der Waals surface area contributed by atoms with Crippen molar-refractivity contribution in [3.8, 4) is 0 Å². The summed E-state index contributed by atoms with van der Waals surface area (Å²) >= 11 is 0. The molecule has 0 radical (unpaired) electrons. The van der Waals surface area contributed by atoms with Crippen molar-refractivity contribution in [1.29, 1.82) is 0 Å². The fraction of sp³-hybridized carbons (Fsp3) is 0.857. The molecule has 2 heterocycles. The zero-order valence-corrected chi connectivity index (χ0v) is 12.0. The van der Waals surface area contributed by atoms with Gasteiger partial charge in [-0.3, -0.25) is 0 Å². The molecule has 1 saturated heterocycles. The second-order valence-corrected chi connectivity index (χ2v) is 5.82. The molecule has 20 heavy (non-hydrogen) atoms. The van der Waals surface area contributed by atoms with Gasteiger partial charge in [0.2, 0.25) is 11.7 Å². The third kappa shape index (κ3) is 2.47.